The molecular formula is C9H7NO2S2. The van der Waals surface area contributed by atoms with Crippen molar-refractivity contribution in [2.75, 3.05) is 7.11 Å². The van der Waals surface area contributed by atoms with E-state index in [1.54, 1.807) is 11.3 Å². The third kappa shape index (κ3) is 1.69. The molecule has 72 valence electrons. The second-order valence-electron chi connectivity index (χ2n) is 2.51. The third-order valence-corrected chi connectivity index (χ3v) is 3.35. The Kier molecular flexibility index (Phi) is 2.60. The van der Waals surface area contributed by atoms with Crippen molar-refractivity contribution in [3.63, 3.8) is 0 Å². The summed E-state index contributed by atoms with van der Waals surface area (Å²) in [5.41, 5.74) is 0.838. The first-order valence-electron chi connectivity index (χ1n) is 3.89. The predicted molar refractivity (Wildman–Crippen MR) is 56.8 cm³/mol. The lowest BCUT2D eigenvalue weighted by molar-refractivity contribution is 0.0600. The van der Waals surface area contributed by atoms with Crippen molar-refractivity contribution in [2.45, 2.75) is 0 Å². The van der Waals surface area contributed by atoms with Gasteiger partial charge in [-0.3, -0.25) is 0 Å². The van der Waals surface area contributed by atoms with E-state index in [4.69, 9.17) is 0 Å². The van der Waals surface area contributed by atoms with Crippen LogP contribution in [0.15, 0.2) is 22.9 Å². The minimum absolute atomic E-state index is 0.377. The smallest absolute Gasteiger partial charge is 0.367 e. The van der Waals surface area contributed by atoms with Crippen LogP contribution in [0.25, 0.3) is 10.6 Å². The first-order valence-corrected chi connectivity index (χ1v) is 5.65. The molecule has 0 aliphatic rings. The summed E-state index contributed by atoms with van der Waals surface area (Å²) in [6, 6.07) is 3.93. The van der Waals surface area contributed by atoms with Crippen LogP contribution in [0, 0.1) is 0 Å². The van der Waals surface area contributed by atoms with E-state index < -0.39 is 0 Å². The Labute approximate surface area is 89.0 Å². The van der Waals surface area contributed by atoms with Crippen molar-refractivity contribution in [1.82, 2.24) is 4.98 Å². The summed E-state index contributed by atoms with van der Waals surface area (Å²) >= 11 is 2.90. The standard InChI is InChI=1S/C9H7NO2S2/c1-12-9(11)8-10-6(5-14-8)7-3-2-4-13-7/h2-5H,1H3. The first-order chi connectivity index (χ1) is 6.81. The summed E-state index contributed by atoms with van der Waals surface area (Å²) in [5, 5.41) is 4.24. The minimum atomic E-state index is -0.377. The summed E-state index contributed by atoms with van der Waals surface area (Å²) in [4.78, 5) is 16.4. The van der Waals surface area contributed by atoms with Crippen LogP contribution >= 0.6 is 22.7 Å². The maximum atomic E-state index is 11.1. The largest absolute Gasteiger partial charge is 0.464 e. The molecule has 0 atom stereocenters. The number of ether oxygens (including phenoxy) is 1. The number of thiophene rings is 1. The van der Waals surface area contributed by atoms with E-state index in [1.807, 2.05) is 22.9 Å². The normalized spacial score (nSPS) is 10.1. The highest BCUT2D eigenvalue weighted by Gasteiger charge is 2.12. The van der Waals surface area contributed by atoms with Gasteiger partial charge in [0.25, 0.3) is 0 Å². The molecule has 0 radical (unpaired) electrons. The molecule has 0 unspecified atom stereocenters. The summed E-state index contributed by atoms with van der Waals surface area (Å²) < 4.78 is 4.58. The Morgan fingerprint density at radius 2 is 2.36 bits per heavy atom. The van der Waals surface area contributed by atoms with E-state index in [-0.39, 0.29) is 5.97 Å². The summed E-state index contributed by atoms with van der Waals surface area (Å²) in [5.74, 6) is -0.377. The number of esters is 1. The molecular weight excluding hydrogens is 218 g/mol. The van der Waals surface area contributed by atoms with Gasteiger partial charge in [-0.15, -0.1) is 22.7 Å². The summed E-state index contributed by atoms with van der Waals surface area (Å²) in [6.45, 7) is 0. The van der Waals surface area contributed by atoms with Crippen molar-refractivity contribution in [3.05, 3.63) is 27.9 Å². The van der Waals surface area contributed by atoms with Crippen LogP contribution in [-0.2, 0) is 4.74 Å². The molecule has 0 spiro atoms. The Hall–Kier alpha value is -1.20. The van der Waals surface area contributed by atoms with Crippen LogP contribution in [0.2, 0.25) is 0 Å². The van der Waals surface area contributed by atoms with Crippen LogP contribution < -0.4 is 0 Å². The van der Waals surface area contributed by atoms with Gasteiger partial charge in [0, 0.05) is 5.38 Å². The number of carbonyl (C=O) groups excluding carboxylic acids is 1. The quantitative estimate of drug-likeness (QED) is 0.737. The molecule has 0 N–H and O–H groups in total. The van der Waals surface area contributed by atoms with E-state index in [1.165, 1.54) is 18.4 Å². The molecule has 0 aromatic carbocycles. The zero-order chi connectivity index (χ0) is 9.97. The molecule has 3 nitrogen and oxygen atoms in total. The van der Waals surface area contributed by atoms with E-state index >= 15 is 0 Å². The molecule has 2 rings (SSSR count). The number of thiazole rings is 1. The monoisotopic (exact) mass is 225 g/mol. The number of methoxy groups -OCH3 is 1. The molecule has 0 fully saturated rings. The Morgan fingerprint density at radius 1 is 1.50 bits per heavy atom. The van der Waals surface area contributed by atoms with Gasteiger partial charge < -0.3 is 4.74 Å². The molecule has 2 heterocycles. The summed E-state index contributed by atoms with van der Waals surface area (Å²) in [7, 11) is 1.36. The van der Waals surface area contributed by atoms with Gasteiger partial charge in [0.1, 0.15) is 0 Å². The lowest BCUT2D eigenvalue weighted by atomic mass is 10.4. The minimum Gasteiger partial charge on any atom is -0.464 e. The van der Waals surface area contributed by atoms with Crippen molar-refractivity contribution in [2.24, 2.45) is 0 Å². The number of aromatic nitrogens is 1. The molecule has 2 aromatic heterocycles. The number of rotatable bonds is 2. The van der Waals surface area contributed by atoms with Crippen LogP contribution in [0.3, 0.4) is 0 Å². The zero-order valence-corrected chi connectivity index (χ0v) is 9.02. The SMILES string of the molecule is COC(=O)c1nc(-c2cccs2)cs1. The van der Waals surface area contributed by atoms with Gasteiger partial charge in [-0.25, -0.2) is 9.78 Å². The average Bonchev–Trinajstić information content (AvgIpc) is 2.86. The Bertz CT molecular complexity index is 433. The molecule has 0 saturated heterocycles. The molecule has 14 heavy (non-hydrogen) atoms. The van der Waals surface area contributed by atoms with Crippen LogP contribution in [-0.4, -0.2) is 18.1 Å². The number of nitrogens with zero attached hydrogens (tertiary/aromatic N) is 1. The first kappa shape index (κ1) is 9.36. The molecule has 0 bridgehead atoms. The molecule has 0 aliphatic heterocycles. The van der Waals surface area contributed by atoms with Crippen molar-refractivity contribution in [3.8, 4) is 10.6 Å². The van der Waals surface area contributed by atoms with Crippen LogP contribution in [0.1, 0.15) is 9.80 Å². The van der Waals surface area contributed by atoms with E-state index in [0.717, 1.165) is 10.6 Å². The van der Waals surface area contributed by atoms with Crippen molar-refractivity contribution in [1.29, 1.82) is 0 Å². The summed E-state index contributed by atoms with van der Waals surface area (Å²) in [6.07, 6.45) is 0. The Balaban J connectivity index is 2.31. The lowest BCUT2D eigenvalue weighted by Gasteiger charge is -1.91. The molecule has 0 saturated carbocycles. The zero-order valence-electron chi connectivity index (χ0n) is 7.39. The molecule has 0 amide bonds. The number of carbonyl (C=O) groups is 1. The lowest BCUT2D eigenvalue weighted by Crippen LogP contribution is -1.99. The fourth-order valence-corrected chi connectivity index (χ4v) is 2.49. The highest BCUT2D eigenvalue weighted by Crippen LogP contribution is 2.26. The van der Waals surface area contributed by atoms with Gasteiger partial charge in [0.15, 0.2) is 0 Å². The fourth-order valence-electron chi connectivity index (χ4n) is 0.992. The van der Waals surface area contributed by atoms with E-state index in [0.29, 0.717) is 5.01 Å². The Morgan fingerprint density at radius 3 is 3.00 bits per heavy atom. The fraction of sp³-hybridized carbons (Fsp3) is 0.111. The van der Waals surface area contributed by atoms with Gasteiger partial charge in [-0.05, 0) is 11.4 Å². The third-order valence-electron chi connectivity index (χ3n) is 1.64. The van der Waals surface area contributed by atoms with Gasteiger partial charge in [0.05, 0.1) is 17.7 Å². The second-order valence-corrected chi connectivity index (χ2v) is 4.31. The molecule has 5 heteroatoms. The number of hydrogen-bond donors (Lipinski definition) is 0. The number of hydrogen-bond acceptors (Lipinski definition) is 5. The topological polar surface area (TPSA) is 39.2 Å². The molecule has 2 aromatic rings. The van der Waals surface area contributed by atoms with E-state index in [9.17, 15) is 4.79 Å². The van der Waals surface area contributed by atoms with E-state index in [2.05, 4.69) is 9.72 Å². The highest BCUT2D eigenvalue weighted by molar-refractivity contribution is 7.15. The maximum Gasteiger partial charge on any atom is 0.367 e. The van der Waals surface area contributed by atoms with Crippen molar-refractivity contribution >= 4 is 28.6 Å². The second kappa shape index (κ2) is 3.89. The van der Waals surface area contributed by atoms with Gasteiger partial charge in [-0.2, -0.15) is 0 Å². The van der Waals surface area contributed by atoms with Crippen LogP contribution in [0.4, 0.5) is 0 Å². The van der Waals surface area contributed by atoms with Gasteiger partial charge in [0.2, 0.25) is 5.01 Å². The highest BCUT2D eigenvalue weighted by atomic mass is 32.1. The predicted octanol–water partition coefficient (Wildman–Crippen LogP) is 2.66. The maximum absolute atomic E-state index is 11.1. The van der Waals surface area contributed by atoms with Gasteiger partial charge in [-0.1, -0.05) is 6.07 Å². The van der Waals surface area contributed by atoms with Gasteiger partial charge >= 0.3 is 5.97 Å². The van der Waals surface area contributed by atoms with Crippen LogP contribution in [0.5, 0.6) is 0 Å². The van der Waals surface area contributed by atoms with Crippen molar-refractivity contribution < 1.29 is 9.53 Å². The average molecular weight is 225 g/mol. The molecule has 0 aliphatic carbocycles.